The smallest absolute Gasteiger partial charge is 0.242 e. The van der Waals surface area contributed by atoms with Gasteiger partial charge in [0.05, 0.1) is 0 Å². The Balaban J connectivity index is 2.57. The number of piperidine rings is 1. The largest absolute Gasteiger partial charge is 0.396 e. The van der Waals surface area contributed by atoms with Crippen LogP contribution in [0.1, 0.15) is 52.9 Å². The maximum absolute atomic E-state index is 12.3. The molecule has 1 unspecified atom stereocenters. The summed E-state index contributed by atoms with van der Waals surface area (Å²) >= 11 is 0. The van der Waals surface area contributed by atoms with Crippen LogP contribution in [0.5, 0.6) is 0 Å². The Bertz CT molecular complexity index is 342. The van der Waals surface area contributed by atoms with Gasteiger partial charge in [-0.25, -0.2) is 0 Å². The molecule has 20 heavy (non-hydrogen) atoms. The number of hydrogen-bond acceptors (Lipinski definition) is 3. The van der Waals surface area contributed by atoms with Crippen molar-refractivity contribution in [3.63, 3.8) is 0 Å². The first-order valence-corrected chi connectivity index (χ1v) is 7.59. The van der Waals surface area contributed by atoms with Gasteiger partial charge in [-0.3, -0.25) is 9.59 Å². The first-order valence-electron chi connectivity index (χ1n) is 7.59. The molecule has 0 bridgehead atoms. The van der Waals surface area contributed by atoms with Gasteiger partial charge in [0.2, 0.25) is 11.8 Å². The minimum Gasteiger partial charge on any atom is -0.396 e. The molecule has 0 aromatic rings. The quantitative estimate of drug-likeness (QED) is 0.772. The molecule has 0 aliphatic carbocycles. The van der Waals surface area contributed by atoms with Gasteiger partial charge in [-0.2, -0.15) is 0 Å². The molecular formula is C15H28N2O3. The SMILES string of the molecule is CCC(=O)N1CCCCC1C(=O)NCC(C)(C)CCO. The Morgan fingerprint density at radius 1 is 1.35 bits per heavy atom. The molecule has 1 atom stereocenters. The maximum atomic E-state index is 12.3. The molecule has 0 aromatic carbocycles. The first kappa shape index (κ1) is 17.0. The molecule has 0 aromatic heterocycles. The molecule has 1 aliphatic heterocycles. The molecule has 2 N–H and O–H groups in total. The molecule has 2 amide bonds. The maximum Gasteiger partial charge on any atom is 0.242 e. The molecule has 1 rings (SSSR count). The van der Waals surface area contributed by atoms with Gasteiger partial charge in [0.15, 0.2) is 0 Å². The summed E-state index contributed by atoms with van der Waals surface area (Å²) in [6, 6.07) is -0.318. The van der Waals surface area contributed by atoms with E-state index in [2.05, 4.69) is 5.32 Å². The number of carbonyl (C=O) groups excluding carboxylic acids is 2. The van der Waals surface area contributed by atoms with Crippen LogP contribution in [0.15, 0.2) is 0 Å². The van der Waals surface area contributed by atoms with Crippen molar-refractivity contribution in [2.75, 3.05) is 19.7 Å². The summed E-state index contributed by atoms with van der Waals surface area (Å²) in [5.41, 5.74) is -0.126. The summed E-state index contributed by atoms with van der Waals surface area (Å²) in [5.74, 6) is -0.00279. The van der Waals surface area contributed by atoms with Crippen LogP contribution in [-0.4, -0.2) is 47.6 Å². The molecular weight excluding hydrogens is 256 g/mol. The monoisotopic (exact) mass is 284 g/mol. The standard InChI is InChI=1S/C15H28N2O3/c1-4-13(19)17-9-6-5-7-12(17)14(20)16-11-15(2,3)8-10-18/h12,18H,4-11H2,1-3H3,(H,16,20). The second kappa shape index (κ2) is 7.62. The van der Waals surface area contributed by atoms with Crippen LogP contribution in [0.25, 0.3) is 0 Å². The van der Waals surface area contributed by atoms with E-state index < -0.39 is 0 Å². The Kier molecular flexibility index (Phi) is 6.46. The Morgan fingerprint density at radius 2 is 2.05 bits per heavy atom. The summed E-state index contributed by atoms with van der Waals surface area (Å²) in [4.78, 5) is 25.9. The fourth-order valence-corrected chi connectivity index (χ4v) is 2.54. The number of nitrogens with one attached hydrogen (secondary N) is 1. The molecule has 1 heterocycles. The van der Waals surface area contributed by atoms with Crippen molar-refractivity contribution in [3.05, 3.63) is 0 Å². The lowest BCUT2D eigenvalue weighted by molar-refractivity contribution is -0.142. The number of aliphatic hydroxyl groups is 1. The van der Waals surface area contributed by atoms with E-state index in [1.54, 1.807) is 4.90 Å². The Morgan fingerprint density at radius 3 is 2.65 bits per heavy atom. The van der Waals surface area contributed by atoms with Crippen molar-refractivity contribution in [1.82, 2.24) is 10.2 Å². The second-order valence-corrected chi connectivity index (χ2v) is 6.31. The summed E-state index contributed by atoms with van der Waals surface area (Å²) in [5, 5.41) is 11.9. The van der Waals surface area contributed by atoms with Crippen molar-refractivity contribution >= 4 is 11.8 Å². The number of likely N-dealkylation sites (tertiary alicyclic amines) is 1. The van der Waals surface area contributed by atoms with Crippen molar-refractivity contribution in [1.29, 1.82) is 0 Å². The third-order valence-corrected chi connectivity index (χ3v) is 3.96. The summed E-state index contributed by atoms with van der Waals surface area (Å²) < 4.78 is 0. The lowest BCUT2D eigenvalue weighted by Crippen LogP contribution is -2.52. The van der Waals surface area contributed by atoms with Gasteiger partial charge in [-0.15, -0.1) is 0 Å². The van der Waals surface area contributed by atoms with Gasteiger partial charge in [0.25, 0.3) is 0 Å². The van der Waals surface area contributed by atoms with Gasteiger partial charge in [-0.1, -0.05) is 20.8 Å². The molecule has 1 aliphatic rings. The average molecular weight is 284 g/mol. The van der Waals surface area contributed by atoms with Crippen molar-refractivity contribution in [2.45, 2.75) is 58.9 Å². The zero-order chi connectivity index (χ0) is 15.2. The van der Waals surface area contributed by atoms with E-state index in [-0.39, 0.29) is 29.9 Å². The zero-order valence-electron chi connectivity index (χ0n) is 12.9. The third-order valence-electron chi connectivity index (χ3n) is 3.96. The molecule has 5 heteroatoms. The van der Waals surface area contributed by atoms with Gasteiger partial charge < -0.3 is 15.3 Å². The molecule has 116 valence electrons. The summed E-state index contributed by atoms with van der Waals surface area (Å²) in [7, 11) is 0. The van der Waals surface area contributed by atoms with Crippen LogP contribution >= 0.6 is 0 Å². The van der Waals surface area contributed by atoms with Gasteiger partial charge >= 0.3 is 0 Å². The van der Waals surface area contributed by atoms with E-state index in [0.29, 0.717) is 25.9 Å². The van der Waals surface area contributed by atoms with Gasteiger partial charge in [0.1, 0.15) is 6.04 Å². The fraction of sp³-hybridized carbons (Fsp3) is 0.867. The minimum atomic E-state index is -0.318. The highest BCUT2D eigenvalue weighted by atomic mass is 16.3. The molecule has 1 fully saturated rings. The van der Waals surface area contributed by atoms with Crippen LogP contribution in [0, 0.1) is 5.41 Å². The van der Waals surface area contributed by atoms with Crippen LogP contribution in [0.3, 0.4) is 0 Å². The van der Waals surface area contributed by atoms with Gasteiger partial charge in [-0.05, 0) is 31.1 Å². The van der Waals surface area contributed by atoms with Gasteiger partial charge in [0, 0.05) is 26.1 Å². The summed E-state index contributed by atoms with van der Waals surface area (Å²) in [6.07, 6.45) is 3.81. The lowest BCUT2D eigenvalue weighted by atomic mass is 9.89. The fourth-order valence-electron chi connectivity index (χ4n) is 2.54. The van der Waals surface area contributed by atoms with E-state index in [1.165, 1.54) is 0 Å². The van der Waals surface area contributed by atoms with E-state index >= 15 is 0 Å². The highest BCUT2D eigenvalue weighted by molar-refractivity contribution is 5.87. The third kappa shape index (κ3) is 4.78. The lowest BCUT2D eigenvalue weighted by Gasteiger charge is -2.35. The van der Waals surface area contributed by atoms with Crippen molar-refractivity contribution in [3.8, 4) is 0 Å². The minimum absolute atomic E-state index is 0.0551. The molecule has 0 saturated carbocycles. The molecule has 5 nitrogen and oxygen atoms in total. The predicted octanol–water partition coefficient (Wildman–Crippen LogP) is 1.30. The summed E-state index contributed by atoms with van der Waals surface area (Å²) in [6.45, 7) is 7.18. The first-order chi connectivity index (χ1) is 9.41. The van der Waals surface area contributed by atoms with Crippen LogP contribution in [0.4, 0.5) is 0 Å². The predicted molar refractivity (Wildman–Crippen MR) is 78.1 cm³/mol. The topological polar surface area (TPSA) is 69.6 Å². The van der Waals surface area contributed by atoms with E-state index in [0.717, 1.165) is 19.3 Å². The average Bonchev–Trinajstić information content (AvgIpc) is 2.44. The Hall–Kier alpha value is -1.10. The van der Waals surface area contributed by atoms with E-state index in [9.17, 15) is 9.59 Å². The highest BCUT2D eigenvalue weighted by Gasteiger charge is 2.31. The zero-order valence-corrected chi connectivity index (χ0v) is 12.9. The van der Waals surface area contributed by atoms with Crippen LogP contribution in [0.2, 0.25) is 0 Å². The second-order valence-electron chi connectivity index (χ2n) is 6.31. The highest BCUT2D eigenvalue weighted by Crippen LogP contribution is 2.20. The van der Waals surface area contributed by atoms with Crippen molar-refractivity contribution in [2.24, 2.45) is 5.41 Å². The van der Waals surface area contributed by atoms with Crippen LogP contribution < -0.4 is 5.32 Å². The number of carbonyl (C=O) groups is 2. The number of rotatable bonds is 6. The molecule has 0 radical (unpaired) electrons. The number of aliphatic hydroxyl groups excluding tert-OH is 1. The molecule has 1 saturated heterocycles. The van der Waals surface area contributed by atoms with Crippen LogP contribution in [-0.2, 0) is 9.59 Å². The van der Waals surface area contributed by atoms with E-state index in [1.807, 2.05) is 20.8 Å². The number of hydrogen-bond donors (Lipinski definition) is 2. The number of amides is 2. The molecule has 0 spiro atoms. The number of nitrogens with zero attached hydrogens (tertiary/aromatic N) is 1. The van der Waals surface area contributed by atoms with E-state index in [4.69, 9.17) is 5.11 Å². The van der Waals surface area contributed by atoms with Crippen molar-refractivity contribution < 1.29 is 14.7 Å². The Labute approximate surface area is 121 Å². The normalized spacial score (nSPS) is 19.8.